The van der Waals surface area contributed by atoms with Gasteiger partial charge in [-0.05, 0) is 55.4 Å². The van der Waals surface area contributed by atoms with Gasteiger partial charge in [0.05, 0.1) is 16.6 Å². The maximum Gasteiger partial charge on any atom is 0.266 e. The summed E-state index contributed by atoms with van der Waals surface area (Å²) in [6, 6.07) is 13.7. The Morgan fingerprint density at radius 2 is 1.86 bits per heavy atom. The van der Waals surface area contributed by atoms with E-state index in [1.165, 1.54) is 5.56 Å². The lowest BCUT2D eigenvalue weighted by Crippen LogP contribution is -2.20. The number of nitrogens with zero attached hydrogens (tertiary/aromatic N) is 1. The molecule has 0 fully saturated rings. The highest BCUT2D eigenvalue weighted by molar-refractivity contribution is 7.71. The van der Waals surface area contributed by atoms with Gasteiger partial charge in [0.25, 0.3) is 5.56 Å². The minimum Gasteiger partial charge on any atom is -0.331 e. The van der Waals surface area contributed by atoms with Crippen molar-refractivity contribution in [1.29, 1.82) is 0 Å². The number of hydrogen-bond donors (Lipinski definition) is 1. The monoisotopic (exact) mass is 296 g/mol. The van der Waals surface area contributed by atoms with Crippen LogP contribution in [0.5, 0.6) is 0 Å². The fraction of sp³-hybridized carbons (Fsp3) is 0.176. The number of nitrogens with one attached hydrogen (secondary N) is 1. The van der Waals surface area contributed by atoms with Crippen LogP contribution in [-0.4, -0.2) is 9.55 Å². The molecule has 0 aliphatic carbocycles. The minimum absolute atomic E-state index is 0.0818. The fourth-order valence-corrected chi connectivity index (χ4v) is 2.74. The third-order valence-electron chi connectivity index (χ3n) is 3.66. The smallest absolute Gasteiger partial charge is 0.266 e. The molecule has 0 saturated carbocycles. The van der Waals surface area contributed by atoms with Gasteiger partial charge in [0.1, 0.15) is 0 Å². The Balaban J connectivity index is 2.31. The van der Waals surface area contributed by atoms with Gasteiger partial charge in [0.15, 0.2) is 4.77 Å². The van der Waals surface area contributed by atoms with Crippen molar-refractivity contribution < 1.29 is 0 Å². The molecule has 1 N–H and O–H groups in total. The number of benzene rings is 2. The SMILES string of the molecule is CCc1ccc(-n2c(=S)[nH]c3ccc(C)cc3c2=O)cc1. The van der Waals surface area contributed by atoms with Crippen molar-refractivity contribution in [3.05, 3.63) is 68.7 Å². The van der Waals surface area contributed by atoms with Gasteiger partial charge < -0.3 is 4.98 Å². The molecular formula is C17H16N2OS. The van der Waals surface area contributed by atoms with E-state index in [1.54, 1.807) is 4.57 Å². The van der Waals surface area contributed by atoms with Gasteiger partial charge >= 0.3 is 0 Å². The van der Waals surface area contributed by atoms with Crippen LogP contribution in [0.1, 0.15) is 18.1 Å². The molecule has 0 spiro atoms. The molecule has 1 heterocycles. The van der Waals surface area contributed by atoms with Crippen LogP contribution in [0.25, 0.3) is 16.6 Å². The Morgan fingerprint density at radius 3 is 2.52 bits per heavy atom. The lowest BCUT2D eigenvalue weighted by molar-refractivity contribution is 0.937. The van der Waals surface area contributed by atoms with Crippen LogP contribution in [0.15, 0.2) is 47.3 Å². The van der Waals surface area contributed by atoms with Crippen molar-refractivity contribution in [3.8, 4) is 5.69 Å². The summed E-state index contributed by atoms with van der Waals surface area (Å²) in [5.74, 6) is 0. The Kier molecular flexibility index (Phi) is 3.47. The van der Waals surface area contributed by atoms with Gasteiger partial charge in [-0.15, -0.1) is 0 Å². The zero-order chi connectivity index (χ0) is 15.0. The van der Waals surface area contributed by atoms with Gasteiger partial charge in [-0.3, -0.25) is 9.36 Å². The highest BCUT2D eigenvalue weighted by atomic mass is 32.1. The molecule has 2 aromatic carbocycles. The highest BCUT2D eigenvalue weighted by Gasteiger charge is 2.07. The number of H-pyrrole nitrogens is 1. The van der Waals surface area contributed by atoms with Crippen molar-refractivity contribution in [2.24, 2.45) is 0 Å². The fourth-order valence-electron chi connectivity index (χ4n) is 2.44. The molecule has 3 aromatic rings. The predicted molar refractivity (Wildman–Crippen MR) is 88.8 cm³/mol. The Labute approximate surface area is 127 Å². The van der Waals surface area contributed by atoms with E-state index in [-0.39, 0.29) is 5.56 Å². The van der Waals surface area contributed by atoms with Gasteiger partial charge in [-0.1, -0.05) is 30.7 Å². The second-order valence-corrected chi connectivity index (χ2v) is 5.53. The number of rotatable bonds is 2. The zero-order valence-electron chi connectivity index (χ0n) is 12.0. The van der Waals surface area contributed by atoms with Gasteiger partial charge in [0, 0.05) is 0 Å². The Hall–Kier alpha value is -2.20. The summed E-state index contributed by atoms with van der Waals surface area (Å²) in [5, 5.41) is 0.656. The van der Waals surface area contributed by atoms with E-state index < -0.39 is 0 Å². The van der Waals surface area contributed by atoms with Crippen LogP contribution >= 0.6 is 12.2 Å². The normalized spacial score (nSPS) is 11.0. The summed E-state index contributed by atoms with van der Waals surface area (Å²) in [6.07, 6.45) is 0.971. The number of aromatic amines is 1. The van der Waals surface area contributed by atoms with Crippen LogP contribution < -0.4 is 5.56 Å². The molecule has 4 heteroatoms. The molecule has 0 atom stereocenters. The van der Waals surface area contributed by atoms with E-state index in [0.717, 1.165) is 23.2 Å². The molecule has 3 nitrogen and oxygen atoms in total. The lowest BCUT2D eigenvalue weighted by Gasteiger charge is -2.09. The summed E-state index contributed by atoms with van der Waals surface area (Å²) < 4.78 is 1.97. The van der Waals surface area contributed by atoms with Crippen molar-refractivity contribution in [1.82, 2.24) is 9.55 Å². The summed E-state index contributed by atoms with van der Waals surface area (Å²) in [6.45, 7) is 4.08. The predicted octanol–water partition coefficient (Wildman–Crippen LogP) is 3.92. The van der Waals surface area contributed by atoms with Crippen LogP contribution in [-0.2, 0) is 6.42 Å². The summed E-state index contributed by atoms with van der Waals surface area (Å²) in [7, 11) is 0. The first kappa shape index (κ1) is 13.8. The van der Waals surface area contributed by atoms with E-state index in [9.17, 15) is 4.79 Å². The third kappa shape index (κ3) is 2.43. The first-order valence-corrected chi connectivity index (χ1v) is 7.36. The first-order chi connectivity index (χ1) is 10.1. The quantitative estimate of drug-likeness (QED) is 0.728. The molecular weight excluding hydrogens is 280 g/mol. The second-order valence-electron chi connectivity index (χ2n) is 5.14. The molecule has 0 amide bonds. The van der Waals surface area contributed by atoms with Crippen molar-refractivity contribution in [2.45, 2.75) is 20.3 Å². The van der Waals surface area contributed by atoms with E-state index >= 15 is 0 Å². The van der Waals surface area contributed by atoms with Crippen LogP contribution in [0.3, 0.4) is 0 Å². The molecule has 1 aromatic heterocycles. The maximum absolute atomic E-state index is 12.7. The maximum atomic E-state index is 12.7. The number of hydrogen-bond acceptors (Lipinski definition) is 2. The summed E-state index contributed by atoms with van der Waals surface area (Å²) >= 11 is 5.35. The number of fused-ring (bicyclic) bond motifs is 1. The largest absolute Gasteiger partial charge is 0.331 e. The van der Waals surface area contributed by atoms with Crippen molar-refractivity contribution >= 4 is 23.1 Å². The Bertz CT molecular complexity index is 920. The zero-order valence-corrected chi connectivity index (χ0v) is 12.8. The first-order valence-electron chi connectivity index (χ1n) is 6.95. The molecule has 21 heavy (non-hydrogen) atoms. The molecule has 0 aliphatic heterocycles. The molecule has 0 radical (unpaired) electrons. The second kappa shape index (κ2) is 5.30. The number of aromatic nitrogens is 2. The summed E-state index contributed by atoms with van der Waals surface area (Å²) in [4.78, 5) is 15.9. The molecule has 106 valence electrons. The van der Waals surface area contributed by atoms with Gasteiger partial charge in [-0.25, -0.2) is 0 Å². The molecule has 0 bridgehead atoms. The van der Waals surface area contributed by atoms with E-state index in [4.69, 9.17) is 12.2 Å². The van der Waals surface area contributed by atoms with Crippen molar-refractivity contribution in [2.75, 3.05) is 0 Å². The average molecular weight is 296 g/mol. The lowest BCUT2D eigenvalue weighted by atomic mass is 10.1. The van der Waals surface area contributed by atoms with Gasteiger partial charge in [0.2, 0.25) is 0 Å². The number of aryl methyl sites for hydroxylation is 2. The Morgan fingerprint density at radius 1 is 1.14 bits per heavy atom. The molecule has 3 rings (SSSR count). The van der Waals surface area contributed by atoms with E-state index in [1.807, 2.05) is 49.4 Å². The van der Waals surface area contributed by atoms with Crippen LogP contribution in [0.4, 0.5) is 0 Å². The minimum atomic E-state index is -0.0818. The molecule has 0 aliphatic rings. The molecule has 0 unspecified atom stereocenters. The van der Waals surface area contributed by atoms with Crippen LogP contribution in [0.2, 0.25) is 0 Å². The topological polar surface area (TPSA) is 37.8 Å². The summed E-state index contributed by atoms with van der Waals surface area (Å²) in [5.41, 5.74) is 3.77. The standard InChI is InChI=1S/C17H16N2OS/c1-3-12-5-7-13(8-6-12)19-16(20)14-10-11(2)4-9-15(14)18-17(19)21/h4-10H,3H2,1-2H3,(H,18,21). The van der Waals surface area contributed by atoms with Gasteiger partial charge in [-0.2, -0.15) is 0 Å². The molecule has 0 saturated heterocycles. The highest BCUT2D eigenvalue weighted by Crippen LogP contribution is 2.13. The van der Waals surface area contributed by atoms with E-state index in [2.05, 4.69) is 11.9 Å². The third-order valence-corrected chi connectivity index (χ3v) is 3.94. The van der Waals surface area contributed by atoms with Crippen LogP contribution in [0, 0.1) is 11.7 Å². The average Bonchev–Trinajstić information content (AvgIpc) is 2.49. The van der Waals surface area contributed by atoms with Crippen molar-refractivity contribution in [3.63, 3.8) is 0 Å². The van der Waals surface area contributed by atoms with E-state index in [0.29, 0.717) is 10.2 Å².